The second kappa shape index (κ2) is 9.98. The number of hydrogen-bond donors (Lipinski definition) is 2. The first-order valence-corrected chi connectivity index (χ1v) is 12.4. The van der Waals surface area contributed by atoms with Crippen molar-refractivity contribution in [1.82, 2.24) is 9.88 Å². The van der Waals surface area contributed by atoms with Crippen LogP contribution in [0.3, 0.4) is 0 Å². The summed E-state index contributed by atoms with van der Waals surface area (Å²) >= 11 is 1.50. The van der Waals surface area contributed by atoms with Crippen molar-refractivity contribution in [2.75, 3.05) is 24.9 Å². The number of carbonyl (C=O) groups excluding carboxylic acids is 1. The summed E-state index contributed by atoms with van der Waals surface area (Å²) in [6, 6.07) is 25.1. The smallest absolute Gasteiger partial charge is 0.253 e. The predicted molar refractivity (Wildman–Crippen MR) is 140 cm³/mol. The van der Waals surface area contributed by atoms with E-state index in [9.17, 15) is 9.90 Å². The molecule has 3 aromatic carbocycles. The van der Waals surface area contributed by atoms with Gasteiger partial charge in [0.1, 0.15) is 5.75 Å². The molecular weight excluding hydrogens is 458 g/mol. The Hall–Kier alpha value is -3.55. The van der Waals surface area contributed by atoms with Gasteiger partial charge in [-0.25, -0.2) is 0 Å². The van der Waals surface area contributed by atoms with Gasteiger partial charge in [-0.15, -0.1) is 0 Å². The van der Waals surface area contributed by atoms with E-state index in [1.165, 1.54) is 11.9 Å². The first-order valence-electron chi connectivity index (χ1n) is 11.6. The molecule has 2 heterocycles. The number of piperidine rings is 1. The van der Waals surface area contributed by atoms with E-state index in [0.717, 1.165) is 32.8 Å². The third-order valence-electron chi connectivity index (χ3n) is 6.49. The van der Waals surface area contributed by atoms with E-state index >= 15 is 0 Å². The van der Waals surface area contributed by atoms with Gasteiger partial charge < -0.3 is 19.5 Å². The fourth-order valence-corrected chi connectivity index (χ4v) is 5.19. The van der Waals surface area contributed by atoms with E-state index in [-0.39, 0.29) is 5.91 Å². The van der Waals surface area contributed by atoms with Crippen molar-refractivity contribution in [2.45, 2.75) is 23.3 Å². The summed E-state index contributed by atoms with van der Waals surface area (Å²) in [5.41, 5.74) is 2.38. The first-order chi connectivity index (χ1) is 17.1. The number of aliphatic hydroxyl groups is 1. The maximum absolute atomic E-state index is 13.1. The predicted octanol–water partition coefficient (Wildman–Crippen LogP) is 5.49. The molecule has 4 aromatic rings. The molecule has 1 aliphatic heterocycles. The minimum absolute atomic E-state index is 0.0184. The molecular formula is C28H27N3O3S. The molecule has 1 fully saturated rings. The standard InChI is InChI=1S/C28H27N3O3S/c1-34-24-8-3-7-22(19-24)28(33)14-17-31(18-15-28)27(32)21-10-12-23(13-11-21)30-35-25-9-2-5-20-6-4-16-29-26(20)25/h2-13,16,19,30,33H,14-15,17-18H2,1H3. The van der Waals surface area contributed by atoms with Gasteiger partial charge in [0.25, 0.3) is 5.91 Å². The summed E-state index contributed by atoms with van der Waals surface area (Å²) in [7, 11) is 1.62. The number of pyridine rings is 1. The van der Waals surface area contributed by atoms with Gasteiger partial charge in [0.15, 0.2) is 0 Å². The quantitative estimate of drug-likeness (QED) is 0.352. The Balaban J connectivity index is 1.20. The Bertz CT molecular complexity index is 1330. The second-order valence-electron chi connectivity index (χ2n) is 8.67. The lowest BCUT2D eigenvalue weighted by molar-refractivity contribution is -0.0212. The summed E-state index contributed by atoms with van der Waals surface area (Å²) in [6.07, 6.45) is 2.77. The molecule has 7 heteroatoms. The van der Waals surface area contributed by atoms with Crippen LogP contribution in [0.25, 0.3) is 10.9 Å². The monoisotopic (exact) mass is 485 g/mol. The van der Waals surface area contributed by atoms with E-state index in [1.807, 2.05) is 83.8 Å². The third kappa shape index (κ3) is 4.97. The van der Waals surface area contributed by atoms with Crippen molar-refractivity contribution >= 4 is 34.4 Å². The van der Waals surface area contributed by atoms with Gasteiger partial charge in [0, 0.05) is 35.9 Å². The number of aromatic nitrogens is 1. The van der Waals surface area contributed by atoms with Crippen molar-refractivity contribution in [3.05, 3.63) is 96.2 Å². The van der Waals surface area contributed by atoms with Crippen LogP contribution in [-0.2, 0) is 5.60 Å². The highest BCUT2D eigenvalue weighted by molar-refractivity contribution is 8.00. The zero-order valence-corrected chi connectivity index (χ0v) is 20.3. The normalized spacial score (nSPS) is 15.1. The Kier molecular flexibility index (Phi) is 6.61. The van der Waals surface area contributed by atoms with Crippen LogP contribution in [0.4, 0.5) is 5.69 Å². The van der Waals surface area contributed by atoms with Gasteiger partial charge in [-0.2, -0.15) is 0 Å². The average molecular weight is 486 g/mol. The van der Waals surface area contributed by atoms with Crippen LogP contribution >= 0.6 is 11.9 Å². The van der Waals surface area contributed by atoms with Crippen molar-refractivity contribution in [3.8, 4) is 5.75 Å². The zero-order valence-electron chi connectivity index (χ0n) is 19.5. The van der Waals surface area contributed by atoms with Crippen LogP contribution in [0.1, 0.15) is 28.8 Å². The van der Waals surface area contributed by atoms with Gasteiger partial charge in [-0.05, 0) is 78.9 Å². The molecule has 1 aliphatic rings. The number of methoxy groups -OCH3 is 1. The topological polar surface area (TPSA) is 74.7 Å². The van der Waals surface area contributed by atoms with Gasteiger partial charge >= 0.3 is 0 Å². The number of amides is 1. The number of nitrogens with one attached hydrogen (secondary N) is 1. The number of para-hydroxylation sites is 1. The third-order valence-corrected chi connectivity index (χ3v) is 7.38. The highest BCUT2D eigenvalue weighted by Crippen LogP contribution is 2.35. The van der Waals surface area contributed by atoms with E-state index in [0.29, 0.717) is 31.5 Å². The number of benzene rings is 3. The van der Waals surface area contributed by atoms with E-state index in [1.54, 1.807) is 13.3 Å². The molecule has 2 N–H and O–H groups in total. The molecule has 0 spiro atoms. The van der Waals surface area contributed by atoms with Crippen molar-refractivity contribution in [2.24, 2.45) is 0 Å². The number of rotatable bonds is 6. The Morgan fingerprint density at radius 1 is 1.03 bits per heavy atom. The van der Waals surface area contributed by atoms with Crippen LogP contribution in [0.5, 0.6) is 5.75 Å². The molecule has 0 aliphatic carbocycles. The van der Waals surface area contributed by atoms with Crippen LogP contribution in [0, 0.1) is 0 Å². The van der Waals surface area contributed by atoms with Gasteiger partial charge in [-0.1, -0.05) is 30.3 Å². The lowest BCUT2D eigenvalue weighted by Gasteiger charge is -2.38. The van der Waals surface area contributed by atoms with Gasteiger partial charge in [0.2, 0.25) is 0 Å². The van der Waals surface area contributed by atoms with E-state index in [4.69, 9.17) is 4.74 Å². The van der Waals surface area contributed by atoms with Crippen molar-refractivity contribution in [3.63, 3.8) is 0 Å². The lowest BCUT2D eigenvalue weighted by Crippen LogP contribution is -2.45. The van der Waals surface area contributed by atoms with Gasteiger partial charge in [-0.3, -0.25) is 9.78 Å². The maximum Gasteiger partial charge on any atom is 0.253 e. The molecule has 1 aromatic heterocycles. The lowest BCUT2D eigenvalue weighted by atomic mass is 9.84. The maximum atomic E-state index is 13.1. The summed E-state index contributed by atoms with van der Waals surface area (Å²) in [6.45, 7) is 0.993. The fraction of sp³-hybridized carbons (Fsp3) is 0.214. The zero-order chi connectivity index (χ0) is 24.3. The number of ether oxygens (including phenoxy) is 1. The number of likely N-dealkylation sites (tertiary alicyclic amines) is 1. The molecule has 0 radical (unpaired) electrons. The number of carbonyl (C=O) groups is 1. The number of nitrogens with zero attached hydrogens (tertiary/aromatic N) is 2. The molecule has 0 bridgehead atoms. The van der Waals surface area contributed by atoms with Crippen LogP contribution in [0.15, 0.2) is 90.0 Å². The Morgan fingerprint density at radius 2 is 1.77 bits per heavy atom. The SMILES string of the molecule is COc1cccc(C2(O)CCN(C(=O)c3ccc(NSc4cccc5cccnc45)cc3)CC2)c1. The molecule has 178 valence electrons. The fourth-order valence-electron chi connectivity index (χ4n) is 4.42. The molecule has 1 amide bonds. The van der Waals surface area contributed by atoms with Crippen LogP contribution in [-0.4, -0.2) is 41.1 Å². The highest BCUT2D eigenvalue weighted by atomic mass is 32.2. The Labute approximate surface area is 209 Å². The minimum Gasteiger partial charge on any atom is -0.497 e. The Morgan fingerprint density at radius 3 is 2.54 bits per heavy atom. The summed E-state index contributed by atoms with van der Waals surface area (Å²) < 4.78 is 8.64. The molecule has 0 atom stereocenters. The van der Waals surface area contributed by atoms with Crippen molar-refractivity contribution in [1.29, 1.82) is 0 Å². The molecule has 35 heavy (non-hydrogen) atoms. The van der Waals surface area contributed by atoms with E-state index in [2.05, 4.69) is 9.71 Å². The summed E-state index contributed by atoms with van der Waals surface area (Å²) in [4.78, 5) is 20.4. The van der Waals surface area contributed by atoms with Crippen LogP contribution < -0.4 is 9.46 Å². The molecule has 1 saturated heterocycles. The van der Waals surface area contributed by atoms with Crippen LogP contribution in [0.2, 0.25) is 0 Å². The molecule has 0 saturated carbocycles. The average Bonchev–Trinajstić information content (AvgIpc) is 2.92. The largest absolute Gasteiger partial charge is 0.497 e. The first kappa shape index (κ1) is 23.2. The highest BCUT2D eigenvalue weighted by Gasteiger charge is 2.35. The molecule has 5 rings (SSSR count). The van der Waals surface area contributed by atoms with Gasteiger partial charge in [0.05, 0.1) is 23.1 Å². The summed E-state index contributed by atoms with van der Waals surface area (Å²) in [5.74, 6) is 0.702. The number of fused-ring (bicyclic) bond motifs is 1. The van der Waals surface area contributed by atoms with E-state index < -0.39 is 5.60 Å². The van der Waals surface area contributed by atoms with Crippen molar-refractivity contribution < 1.29 is 14.6 Å². The summed E-state index contributed by atoms with van der Waals surface area (Å²) in [5, 5.41) is 12.3. The number of hydrogen-bond acceptors (Lipinski definition) is 6. The minimum atomic E-state index is -0.952. The molecule has 0 unspecified atom stereocenters. The molecule has 6 nitrogen and oxygen atoms in total. The second-order valence-corrected chi connectivity index (χ2v) is 9.52. The number of anilines is 1.